The molecule has 1 unspecified atom stereocenters. The summed E-state index contributed by atoms with van der Waals surface area (Å²) in [5.74, 6) is 0.755. The van der Waals surface area contributed by atoms with E-state index in [-0.39, 0.29) is 5.82 Å². The first-order chi connectivity index (χ1) is 13.1. The molecule has 0 aliphatic carbocycles. The second-order valence-corrected chi connectivity index (χ2v) is 7.43. The van der Waals surface area contributed by atoms with E-state index in [0.29, 0.717) is 17.3 Å². The molecule has 0 radical (unpaired) electrons. The zero-order valence-corrected chi connectivity index (χ0v) is 15.4. The molecule has 5 heteroatoms. The Balaban J connectivity index is 1.85. The third-order valence-electron chi connectivity index (χ3n) is 4.21. The van der Waals surface area contributed by atoms with Gasteiger partial charge in [0.2, 0.25) is 5.89 Å². The Hall–Kier alpha value is -2.89. The van der Waals surface area contributed by atoms with Gasteiger partial charge in [-0.05, 0) is 71.8 Å². The zero-order valence-electron chi connectivity index (χ0n) is 14.6. The lowest BCUT2D eigenvalue weighted by Gasteiger charge is -2.05. The molecule has 0 aliphatic heterocycles. The molecule has 0 N–H and O–H groups in total. The van der Waals surface area contributed by atoms with E-state index in [1.165, 1.54) is 12.1 Å². The summed E-state index contributed by atoms with van der Waals surface area (Å²) in [6, 6.07) is 23.1. The number of benzene rings is 3. The summed E-state index contributed by atoms with van der Waals surface area (Å²) < 4.78 is 31.1. The number of rotatable bonds is 4. The lowest BCUT2D eigenvalue weighted by molar-refractivity contribution is 0.588. The normalized spacial score (nSPS) is 12.1. The number of hydrogen-bond acceptors (Lipinski definition) is 3. The average molecular weight is 377 g/mol. The Morgan fingerprint density at radius 3 is 2.07 bits per heavy atom. The van der Waals surface area contributed by atoms with Crippen LogP contribution in [0.4, 0.5) is 4.39 Å². The van der Waals surface area contributed by atoms with Crippen molar-refractivity contribution in [1.29, 1.82) is 0 Å². The molecular formula is C22H16FNO2S. The van der Waals surface area contributed by atoms with Crippen LogP contribution in [0.2, 0.25) is 0 Å². The van der Waals surface area contributed by atoms with Crippen molar-refractivity contribution in [2.45, 2.75) is 4.90 Å². The molecule has 134 valence electrons. The van der Waals surface area contributed by atoms with Crippen molar-refractivity contribution in [2.75, 3.05) is 6.26 Å². The third kappa shape index (κ3) is 3.65. The SMILES string of the molecule is C[S+]([O-])c1ccc(-c2nc(-c3ccccc3)oc2-c2ccc(F)cc2)cc1. The van der Waals surface area contributed by atoms with Crippen LogP contribution >= 0.6 is 0 Å². The maximum absolute atomic E-state index is 13.3. The van der Waals surface area contributed by atoms with E-state index < -0.39 is 11.2 Å². The highest BCUT2D eigenvalue weighted by molar-refractivity contribution is 7.90. The molecule has 3 nitrogen and oxygen atoms in total. The van der Waals surface area contributed by atoms with Crippen molar-refractivity contribution in [3.05, 3.63) is 84.7 Å². The quantitative estimate of drug-likeness (QED) is 0.438. The van der Waals surface area contributed by atoms with Crippen LogP contribution in [0, 0.1) is 5.82 Å². The smallest absolute Gasteiger partial charge is 0.227 e. The lowest BCUT2D eigenvalue weighted by Crippen LogP contribution is -1.96. The van der Waals surface area contributed by atoms with Gasteiger partial charge >= 0.3 is 0 Å². The predicted molar refractivity (Wildman–Crippen MR) is 105 cm³/mol. The summed E-state index contributed by atoms with van der Waals surface area (Å²) in [4.78, 5) is 5.43. The first-order valence-corrected chi connectivity index (χ1v) is 9.93. The van der Waals surface area contributed by atoms with E-state index in [1.54, 1.807) is 18.4 Å². The topological polar surface area (TPSA) is 49.1 Å². The first kappa shape index (κ1) is 17.5. The van der Waals surface area contributed by atoms with Crippen LogP contribution < -0.4 is 0 Å². The molecule has 0 bridgehead atoms. The molecule has 0 saturated heterocycles. The van der Waals surface area contributed by atoms with Crippen LogP contribution in [-0.4, -0.2) is 15.8 Å². The molecule has 0 saturated carbocycles. The van der Waals surface area contributed by atoms with Gasteiger partial charge in [0.1, 0.15) is 17.8 Å². The second-order valence-electron chi connectivity index (χ2n) is 6.05. The standard InChI is InChI=1S/C22H16FNO2S/c1-27(25)19-13-9-15(10-14-19)20-21(16-7-11-18(23)12-8-16)26-22(24-20)17-5-3-2-4-6-17/h2-14H,1H3. The maximum Gasteiger partial charge on any atom is 0.227 e. The molecule has 0 spiro atoms. The van der Waals surface area contributed by atoms with E-state index in [0.717, 1.165) is 21.6 Å². The van der Waals surface area contributed by atoms with Gasteiger partial charge in [-0.2, -0.15) is 0 Å². The van der Waals surface area contributed by atoms with Gasteiger partial charge in [0, 0.05) is 16.7 Å². The summed E-state index contributed by atoms with van der Waals surface area (Å²) in [7, 11) is 0. The summed E-state index contributed by atoms with van der Waals surface area (Å²) in [5, 5.41) is 0. The highest BCUT2D eigenvalue weighted by atomic mass is 32.2. The van der Waals surface area contributed by atoms with Gasteiger partial charge in [0.25, 0.3) is 0 Å². The third-order valence-corrected chi connectivity index (χ3v) is 5.15. The van der Waals surface area contributed by atoms with Gasteiger partial charge in [-0.3, -0.25) is 0 Å². The van der Waals surface area contributed by atoms with Gasteiger partial charge in [-0.1, -0.05) is 18.2 Å². The predicted octanol–water partition coefficient (Wildman–Crippen LogP) is 5.55. The number of halogens is 1. The lowest BCUT2D eigenvalue weighted by atomic mass is 10.1. The molecule has 4 aromatic rings. The summed E-state index contributed by atoms with van der Waals surface area (Å²) >= 11 is -1.05. The van der Waals surface area contributed by atoms with Crippen LogP contribution in [0.5, 0.6) is 0 Å². The fourth-order valence-corrected chi connectivity index (χ4v) is 3.34. The van der Waals surface area contributed by atoms with Crippen LogP contribution in [0.15, 0.2) is 88.2 Å². The Morgan fingerprint density at radius 2 is 1.44 bits per heavy atom. The van der Waals surface area contributed by atoms with Crippen molar-refractivity contribution in [1.82, 2.24) is 4.98 Å². The Kier molecular flexibility index (Phi) is 4.79. The molecule has 0 amide bonds. The molecular weight excluding hydrogens is 361 g/mol. The molecule has 0 fully saturated rings. The zero-order chi connectivity index (χ0) is 18.8. The number of nitrogens with zero attached hydrogens (tertiary/aromatic N) is 1. The van der Waals surface area contributed by atoms with Crippen LogP contribution in [0.3, 0.4) is 0 Å². The summed E-state index contributed by atoms with van der Waals surface area (Å²) in [6.45, 7) is 0. The minimum Gasteiger partial charge on any atom is -0.612 e. The van der Waals surface area contributed by atoms with Crippen molar-refractivity contribution >= 4 is 11.2 Å². The van der Waals surface area contributed by atoms with E-state index in [1.807, 2.05) is 54.6 Å². The highest BCUT2D eigenvalue weighted by Gasteiger charge is 2.18. The Labute approximate surface area is 159 Å². The van der Waals surface area contributed by atoms with Crippen LogP contribution in [0.1, 0.15) is 0 Å². The number of hydrogen-bond donors (Lipinski definition) is 0. The summed E-state index contributed by atoms with van der Waals surface area (Å²) in [5.41, 5.74) is 3.10. The second kappa shape index (κ2) is 7.39. The minimum atomic E-state index is -1.05. The highest BCUT2D eigenvalue weighted by Crippen LogP contribution is 2.36. The van der Waals surface area contributed by atoms with Crippen LogP contribution in [-0.2, 0) is 11.2 Å². The maximum atomic E-state index is 13.3. The van der Waals surface area contributed by atoms with E-state index in [2.05, 4.69) is 4.98 Å². The Bertz CT molecular complexity index is 1040. The minimum absolute atomic E-state index is 0.308. The fourth-order valence-electron chi connectivity index (χ4n) is 2.82. The van der Waals surface area contributed by atoms with E-state index >= 15 is 0 Å². The van der Waals surface area contributed by atoms with Gasteiger partial charge < -0.3 is 8.97 Å². The molecule has 1 atom stereocenters. The number of aromatic nitrogens is 1. The average Bonchev–Trinajstić information content (AvgIpc) is 3.15. The van der Waals surface area contributed by atoms with Gasteiger partial charge in [-0.15, -0.1) is 0 Å². The summed E-state index contributed by atoms with van der Waals surface area (Å²) in [6.07, 6.45) is 1.64. The molecule has 27 heavy (non-hydrogen) atoms. The monoisotopic (exact) mass is 377 g/mol. The first-order valence-electron chi connectivity index (χ1n) is 8.38. The largest absolute Gasteiger partial charge is 0.612 e. The molecule has 1 heterocycles. The van der Waals surface area contributed by atoms with E-state index in [9.17, 15) is 8.94 Å². The fraction of sp³-hybridized carbons (Fsp3) is 0.0455. The van der Waals surface area contributed by atoms with Gasteiger partial charge in [0.15, 0.2) is 10.7 Å². The Morgan fingerprint density at radius 1 is 0.815 bits per heavy atom. The number of oxazole rings is 1. The van der Waals surface area contributed by atoms with Crippen molar-refractivity contribution in [3.8, 4) is 34.0 Å². The van der Waals surface area contributed by atoms with Crippen molar-refractivity contribution in [2.24, 2.45) is 0 Å². The van der Waals surface area contributed by atoms with Crippen molar-refractivity contribution in [3.63, 3.8) is 0 Å². The van der Waals surface area contributed by atoms with Crippen molar-refractivity contribution < 1.29 is 13.4 Å². The van der Waals surface area contributed by atoms with Gasteiger partial charge in [0.05, 0.1) is 0 Å². The van der Waals surface area contributed by atoms with Crippen LogP contribution in [0.25, 0.3) is 34.0 Å². The molecule has 4 rings (SSSR count). The molecule has 0 aliphatic rings. The molecule has 3 aromatic carbocycles. The molecule has 1 aromatic heterocycles. The van der Waals surface area contributed by atoms with Gasteiger partial charge in [-0.25, -0.2) is 9.37 Å². The van der Waals surface area contributed by atoms with E-state index in [4.69, 9.17) is 4.42 Å².